The number of fused-ring (bicyclic) bond motifs is 1. The van der Waals surface area contributed by atoms with Gasteiger partial charge in [0.1, 0.15) is 23.1 Å². The number of nitro benzene ring substituents is 1. The van der Waals surface area contributed by atoms with Crippen molar-refractivity contribution >= 4 is 34.8 Å². The molecule has 0 fully saturated rings. The largest absolute Gasteiger partial charge is 0.497 e. The van der Waals surface area contributed by atoms with Crippen LogP contribution in [-0.4, -0.2) is 49.5 Å². The summed E-state index contributed by atoms with van der Waals surface area (Å²) in [6.45, 7) is 0.709. The monoisotopic (exact) mass is 737 g/mol. The zero-order chi connectivity index (χ0) is 37.6. The predicted octanol–water partition coefficient (Wildman–Crippen LogP) is 8.63. The third kappa shape index (κ3) is 8.26. The molecule has 12 heteroatoms. The Morgan fingerprint density at radius 1 is 0.792 bits per heavy atom. The second-order valence-electron chi connectivity index (χ2n) is 12.7. The molecule has 0 saturated heterocycles. The Hall–Kier alpha value is -5.94. The lowest BCUT2D eigenvalue weighted by atomic mass is 9.81. The Balaban J connectivity index is 1.51. The molecule has 53 heavy (non-hydrogen) atoms. The molecule has 1 atom stereocenters. The van der Waals surface area contributed by atoms with Crippen LogP contribution in [0.5, 0.6) is 17.2 Å². The molecule has 1 unspecified atom stereocenters. The molecule has 0 aromatic heterocycles. The Morgan fingerprint density at radius 3 is 1.91 bits per heavy atom. The lowest BCUT2D eigenvalue weighted by Gasteiger charge is -2.37. The number of amides is 2. The van der Waals surface area contributed by atoms with Crippen LogP contribution >= 0.6 is 11.6 Å². The summed E-state index contributed by atoms with van der Waals surface area (Å²) >= 11 is 6.41. The molecular weight excluding hydrogens is 701 g/mol. The zero-order valence-corrected chi connectivity index (χ0v) is 30.1. The van der Waals surface area contributed by atoms with Gasteiger partial charge in [0.25, 0.3) is 17.5 Å². The molecule has 0 saturated carbocycles. The molecule has 272 valence electrons. The fourth-order valence-electron chi connectivity index (χ4n) is 6.64. The van der Waals surface area contributed by atoms with E-state index in [2.05, 4.69) is 0 Å². The number of halogens is 2. The van der Waals surface area contributed by atoms with Gasteiger partial charge in [0.2, 0.25) is 0 Å². The van der Waals surface area contributed by atoms with Crippen molar-refractivity contribution in [3.8, 4) is 17.2 Å². The van der Waals surface area contributed by atoms with Crippen LogP contribution in [0, 0.1) is 15.9 Å². The Kier molecular flexibility index (Phi) is 11.2. The summed E-state index contributed by atoms with van der Waals surface area (Å²) in [5.41, 5.74) is 3.04. The van der Waals surface area contributed by atoms with Crippen molar-refractivity contribution in [3.63, 3.8) is 0 Å². The van der Waals surface area contributed by atoms with E-state index in [1.165, 1.54) is 25.3 Å². The smallest absolute Gasteiger partial charge is 0.272 e. The number of hydrogen-bond acceptors (Lipinski definition) is 8. The number of nitro groups is 1. The summed E-state index contributed by atoms with van der Waals surface area (Å²) in [5, 5.41) is 12.4. The topological polar surface area (TPSA) is 111 Å². The molecule has 0 spiro atoms. The molecule has 1 aliphatic heterocycles. The minimum Gasteiger partial charge on any atom is -0.497 e. The van der Waals surface area contributed by atoms with Crippen molar-refractivity contribution in [1.82, 2.24) is 4.90 Å². The summed E-state index contributed by atoms with van der Waals surface area (Å²) in [4.78, 5) is 44.2. The quantitative estimate of drug-likeness (QED) is 0.0711. The van der Waals surface area contributed by atoms with Crippen LogP contribution in [0.3, 0.4) is 0 Å². The molecule has 0 radical (unpaired) electrons. The molecule has 6 rings (SSSR count). The third-order valence-electron chi connectivity index (χ3n) is 9.40. The van der Waals surface area contributed by atoms with Crippen molar-refractivity contribution in [2.24, 2.45) is 0 Å². The maximum atomic E-state index is 15.0. The number of anilines is 1. The maximum absolute atomic E-state index is 15.0. The second-order valence-corrected chi connectivity index (χ2v) is 13.1. The van der Waals surface area contributed by atoms with Gasteiger partial charge in [-0.05, 0) is 95.6 Å². The number of non-ortho nitro benzene ring substituents is 1. The average Bonchev–Trinajstić information content (AvgIpc) is 3.18. The summed E-state index contributed by atoms with van der Waals surface area (Å²) in [6, 6.07) is 28.0. The SMILES string of the molecule is COc1ccc(CC2CCN(Cc3ccc(OC)cc3)c3cc([N+](=O)[O-])cc(C(=O)N(Cc4ccc(OC)cc4)C(=O)c4cc(F)ccc4Cl)c32)cc1. The number of rotatable bonds is 12. The highest BCUT2D eigenvalue weighted by atomic mass is 35.5. The number of carbonyl (C=O) groups is 2. The number of ether oxygens (including phenoxy) is 3. The van der Waals surface area contributed by atoms with E-state index in [0.717, 1.165) is 28.2 Å². The van der Waals surface area contributed by atoms with Crippen molar-refractivity contribution < 1.29 is 33.1 Å². The van der Waals surface area contributed by atoms with Crippen molar-refractivity contribution in [1.29, 1.82) is 0 Å². The highest BCUT2D eigenvalue weighted by Gasteiger charge is 2.36. The van der Waals surface area contributed by atoms with E-state index in [1.54, 1.807) is 38.5 Å². The Bertz CT molecular complexity index is 2130. The van der Waals surface area contributed by atoms with E-state index < -0.39 is 22.6 Å². The van der Waals surface area contributed by atoms with Crippen LogP contribution in [0.4, 0.5) is 15.8 Å². The molecule has 5 aromatic carbocycles. The van der Waals surface area contributed by atoms with Crippen LogP contribution in [-0.2, 0) is 19.5 Å². The molecule has 10 nitrogen and oxygen atoms in total. The molecular formula is C41H37ClFN3O7. The lowest BCUT2D eigenvalue weighted by molar-refractivity contribution is -0.384. The number of hydrogen-bond donors (Lipinski definition) is 0. The first kappa shape index (κ1) is 36.8. The molecule has 1 heterocycles. The number of methoxy groups -OCH3 is 3. The van der Waals surface area contributed by atoms with Crippen LogP contribution in [0.25, 0.3) is 0 Å². The first-order valence-corrected chi connectivity index (χ1v) is 17.2. The molecule has 0 N–H and O–H groups in total. The van der Waals surface area contributed by atoms with Gasteiger partial charge in [-0.15, -0.1) is 0 Å². The van der Waals surface area contributed by atoms with Crippen molar-refractivity contribution in [2.45, 2.75) is 31.8 Å². The van der Waals surface area contributed by atoms with Crippen LogP contribution in [0.2, 0.25) is 5.02 Å². The van der Waals surface area contributed by atoms with Gasteiger partial charge in [-0.2, -0.15) is 0 Å². The summed E-state index contributed by atoms with van der Waals surface area (Å²) < 4.78 is 30.5. The first-order chi connectivity index (χ1) is 25.6. The lowest BCUT2D eigenvalue weighted by Crippen LogP contribution is -2.39. The van der Waals surface area contributed by atoms with Crippen LogP contribution < -0.4 is 19.1 Å². The first-order valence-electron chi connectivity index (χ1n) is 16.9. The van der Waals surface area contributed by atoms with Crippen LogP contribution in [0.1, 0.15) is 55.3 Å². The minimum atomic E-state index is -0.854. The summed E-state index contributed by atoms with van der Waals surface area (Å²) in [5.74, 6) is -0.658. The van der Waals surface area contributed by atoms with Gasteiger partial charge in [0.15, 0.2) is 0 Å². The fraction of sp³-hybridized carbons (Fsp3) is 0.220. The van der Waals surface area contributed by atoms with Gasteiger partial charge < -0.3 is 19.1 Å². The molecule has 2 amide bonds. The second kappa shape index (κ2) is 16.2. The van der Waals surface area contributed by atoms with Gasteiger partial charge in [0.05, 0.1) is 48.9 Å². The molecule has 5 aromatic rings. The highest BCUT2D eigenvalue weighted by molar-refractivity contribution is 6.34. The molecule has 0 aliphatic carbocycles. The average molecular weight is 738 g/mol. The van der Waals surface area contributed by atoms with Crippen LogP contribution in [0.15, 0.2) is 103 Å². The van der Waals surface area contributed by atoms with E-state index in [4.69, 9.17) is 25.8 Å². The summed E-state index contributed by atoms with van der Waals surface area (Å²) in [7, 11) is 4.69. The van der Waals surface area contributed by atoms with E-state index >= 15 is 4.79 Å². The van der Waals surface area contributed by atoms with Gasteiger partial charge in [-0.1, -0.05) is 48.0 Å². The molecule has 0 bridgehead atoms. The third-order valence-corrected chi connectivity index (χ3v) is 9.73. The number of nitrogens with zero attached hydrogens (tertiary/aromatic N) is 3. The van der Waals surface area contributed by atoms with E-state index in [0.29, 0.717) is 60.0 Å². The van der Waals surface area contributed by atoms with Gasteiger partial charge in [-0.3, -0.25) is 24.6 Å². The highest BCUT2D eigenvalue weighted by Crippen LogP contribution is 2.43. The van der Waals surface area contributed by atoms with Gasteiger partial charge in [0, 0.05) is 30.9 Å². The van der Waals surface area contributed by atoms with Crippen molar-refractivity contribution in [2.75, 3.05) is 32.8 Å². The number of benzene rings is 5. The van der Waals surface area contributed by atoms with E-state index in [1.807, 2.05) is 53.4 Å². The van der Waals surface area contributed by atoms with Gasteiger partial charge >= 0.3 is 0 Å². The number of carbonyl (C=O) groups excluding carboxylic acids is 2. The maximum Gasteiger partial charge on any atom is 0.272 e. The standard InChI is InChI=1S/C41H37ClFN3O7/c1-51-32-11-4-26(5-12-32)20-29-18-19-44(24-27-6-13-33(52-2)14-7-27)38-23-31(46(49)50)22-36(39(29)38)41(48)45(25-28-8-15-34(53-3)16-9-28)40(47)35-21-30(43)10-17-37(35)42/h4-17,21-23,29H,18-20,24-25H2,1-3H3. The zero-order valence-electron chi connectivity index (χ0n) is 29.4. The fourth-order valence-corrected chi connectivity index (χ4v) is 6.84. The normalized spacial score (nSPS) is 13.5. The molecule has 1 aliphatic rings. The predicted molar refractivity (Wildman–Crippen MR) is 200 cm³/mol. The van der Waals surface area contributed by atoms with E-state index in [-0.39, 0.29) is 34.3 Å². The van der Waals surface area contributed by atoms with E-state index in [9.17, 15) is 19.3 Å². The Labute approximate surface area is 311 Å². The minimum absolute atomic E-state index is 0.00142. The number of imide groups is 1. The van der Waals surface area contributed by atoms with Crippen molar-refractivity contribution in [3.05, 3.63) is 157 Å². The Morgan fingerprint density at radius 2 is 1.34 bits per heavy atom. The van der Waals surface area contributed by atoms with Gasteiger partial charge in [-0.25, -0.2) is 4.39 Å². The summed E-state index contributed by atoms with van der Waals surface area (Å²) in [6.07, 6.45) is 1.11.